The van der Waals surface area contributed by atoms with Crippen molar-refractivity contribution in [3.8, 4) is 11.8 Å². The number of nitrogens with zero attached hydrogens (tertiary/aromatic N) is 9. The first-order valence-electron chi connectivity index (χ1n) is 32.6. The van der Waals surface area contributed by atoms with Crippen molar-refractivity contribution < 1.29 is 62.1 Å². The fourth-order valence-electron chi connectivity index (χ4n) is 11.7. The summed E-state index contributed by atoms with van der Waals surface area (Å²) in [6, 6.07) is 16.3. The Kier molecular flexibility index (Phi) is 32.0. The second kappa shape index (κ2) is 40.2. The highest BCUT2D eigenvalue weighted by Gasteiger charge is 2.43. The van der Waals surface area contributed by atoms with Crippen LogP contribution in [0.4, 0.5) is 4.39 Å². The number of carbonyl (C=O) groups excluding carboxylic acids is 7. The van der Waals surface area contributed by atoms with Crippen LogP contribution in [0.5, 0.6) is 5.75 Å². The smallest absolute Gasteiger partial charge is 0.317 e. The van der Waals surface area contributed by atoms with Crippen LogP contribution in [0.15, 0.2) is 59.8 Å². The van der Waals surface area contributed by atoms with Crippen molar-refractivity contribution in [1.29, 1.82) is 5.26 Å². The molecule has 3 aliphatic rings. The molecule has 2 aromatic carbocycles. The highest BCUT2D eigenvalue weighted by molar-refractivity contribution is 6.07. The zero-order valence-electron chi connectivity index (χ0n) is 53.7. The molecule has 4 heterocycles. The Labute approximate surface area is 540 Å². The SMILES string of the molecule is Cc1ccc(CCCC(=O)NCCCC[C@@H](NN=CCCCCCCC(=O)N2CCC(CCCOc3ccc4nccc(C(=O)NCC(=O)N5CC(C)(F)C[C@@H]5C#N)c4c3)CC2)NC(=O)CN2CCN(COC=O)CCN(COC=O)CCN(CC(=O)O)CC2)cc1. The third-order valence-electron chi connectivity index (χ3n) is 17.0. The highest BCUT2D eigenvalue weighted by Crippen LogP contribution is 2.30. The summed E-state index contributed by atoms with van der Waals surface area (Å²) in [6.07, 6.45) is 15.0. The van der Waals surface area contributed by atoms with Crippen LogP contribution >= 0.6 is 0 Å². The van der Waals surface area contributed by atoms with Crippen molar-refractivity contribution in [3.63, 3.8) is 0 Å². The molecule has 0 bridgehead atoms. The summed E-state index contributed by atoms with van der Waals surface area (Å²) < 4.78 is 30.8. The average molecular weight is 1280 g/mol. The normalized spacial score (nSPS) is 18.7. The minimum atomic E-state index is -1.66. The lowest BCUT2D eigenvalue weighted by Crippen LogP contribution is -2.51. The summed E-state index contributed by atoms with van der Waals surface area (Å²) in [6.45, 7) is 9.08. The van der Waals surface area contributed by atoms with E-state index in [9.17, 15) is 53.1 Å². The van der Waals surface area contributed by atoms with E-state index in [0.717, 1.165) is 77.3 Å². The lowest BCUT2D eigenvalue weighted by atomic mass is 9.92. The number of amides is 5. The molecular formula is C66H96FN13O12. The van der Waals surface area contributed by atoms with E-state index in [2.05, 4.69) is 55.7 Å². The number of halogens is 1. The number of hydrogen-bond acceptors (Lipinski definition) is 19. The number of carboxylic acids is 1. The van der Waals surface area contributed by atoms with E-state index in [0.29, 0.717) is 145 Å². The van der Waals surface area contributed by atoms with Crippen LogP contribution < -0.4 is 26.1 Å². The number of benzene rings is 2. The van der Waals surface area contributed by atoms with Crippen LogP contribution in [-0.4, -0.2) is 230 Å². The van der Waals surface area contributed by atoms with E-state index >= 15 is 0 Å². The summed E-state index contributed by atoms with van der Waals surface area (Å²) in [5.41, 5.74) is 4.77. The number of likely N-dealkylation sites (tertiary alicyclic amines) is 2. The number of aliphatic carboxylic acids is 1. The number of hydrazone groups is 1. The number of carboxylic acid groups (broad SMARTS) is 1. The van der Waals surface area contributed by atoms with Gasteiger partial charge in [0.15, 0.2) is 0 Å². The van der Waals surface area contributed by atoms with Crippen LogP contribution in [-0.2, 0) is 49.5 Å². The molecule has 3 atom stereocenters. The minimum Gasteiger partial charge on any atom is -0.494 e. The first-order chi connectivity index (χ1) is 44.5. The summed E-state index contributed by atoms with van der Waals surface area (Å²) in [5.74, 6) is -1.03. The number of hydrogen-bond donors (Lipinski definition) is 5. The number of rotatable bonds is 37. The van der Waals surface area contributed by atoms with Crippen molar-refractivity contribution in [3.05, 3.63) is 71.4 Å². The van der Waals surface area contributed by atoms with Crippen molar-refractivity contribution in [2.75, 3.05) is 118 Å². The summed E-state index contributed by atoms with van der Waals surface area (Å²) in [7, 11) is 0. The molecule has 92 heavy (non-hydrogen) atoms. The number of unbranched alkanes of at least 4 members (excludes halogenated alkanes) is 5. The molecule has 0 aliphatic carbocycles. The third-order valence-corrected chi connectivity index (χ3v) is 17.0. The summed E-state index contributed by atoms with van der Waals surface area (Å²) in [4.78, 5) is 115. The zero-order chi connectivity index (χ0) is 65.9. The number of carbonyl (C=O) groups is 8. The molecule has 3 fully saturated rings. The Morgan fingerprint density at radius 1 is 0.783 bits per heavy atom. The first kappa shape index (κ1) is 73.2. The molecular weight excluding hydrogens is 1190 g/mol. The minimum absolute atomic E-state index is 0.000708. The number of piperidine rings is 1. The van der Waals surface area contributed by atoms with Gasteiger partial charge in [0.1, 0.15) is 37.1 Å². The summed E-state index contributed by atoms with van der Waals surface area (Å²) in [5, 5.41) is 32.9. The van der Waals surface area contributed by atoms with Gasteiger partial charge < -0.3 is 45.1 Å². The predicted molar refractivity (Wildman–Crippen MR) is 343 cm³/mol. The number of nitrogens with one attached hydrogen (secondary N) is 4. The van der Waals surface area contributed by atoms with E-state index in [1.165, 1.54) is 29.1 Å². The highest BCUT2D eigenvalue weighted by atomic mass is 19.1. The lowest BCUT2D eigenvalue weighted by Gasteiger charge is -2.33. The maximum Gasteiger partial charge on any atom is 0.317 e. The standard InChI is InChI=1S/C66H96FN13O12/c1-51-17-19-52(20-18-51)12-10-15-60(83)70-26-9-7-14-59(73-61(84)44-75-31-32-76(45-64(87)88)34-36-78(48-91-50-82)38-37-77(35-33-75)47-90-49-81)74-72-27-8-5-3-4-6-16-62(85)79-29-24-53(25-30-79)13-11-39-92-55-21-22-58-57(40-55)56(23-28-69-58)65(89)71-43-63(86)80-46-66(2,67)41-54(80)42-68/h17-23,27-28,40,49-50,53-54,59,74H,3-16,24-26,29-39,41,43-48H2,1-2H3,(H,70,83)(H,71,89)(H,73,84)(H,87,88)/t54-,59-,66?/m1/s1. The van der Waals surface area contributed by atoms with Gasteiger partial charge in [0.05, 0.1) is 49.9 Å². The fourth-order valence-corrected chi connectivity index (χ4v) is 11.7. The molecule has 1 aromatic heterocycles. The van der Waals surface area contributed by atoms with Crippen LogP contribution in [0.1, 0.15) is 131 Å². The van der Waals surface area contributed by atoms with E-state index in [1.807, 2.05) is 32.6 Å². The lowest BCUT2D eigenvalue weighted by molar-refractivity contribution is -0.139. The van der Waals surface area contributed by atoms with Gasteiger partial charge in [-0.05, 0) is 127 Å². The van der Waals surface area contributed by atoms with Gasteiger partial charge in [-0.25, -0.2) is 4.39 Å². The number of pyridine rings is 1. The molecule has 26 heteroatoms. The number of aryl methyl sites for hydroxylation is 2. The van der Waals surface area contributed by atoms with Crippen molar-refractivity contribution in [2.24, 2.45) is 11.0 Å². The maximum atomic E-state index is 14.6. The fraction of sp³-hybridized carbons (Fsp3) is 0.621. The van der Waals surface area contributed by atoms with E-state index in [-0.39, 0.29) is 63.8 Å². The second-order valence-corrected chi connectivity index (χ2v) is 24.5. The maximum absolute atomic E-state index is 14.6. The number of aromatic nitrogens is 1. The topological polar surface area (TPSA) is 301 Å². The number of ether oxygens (including phenoxy) is 3. The van der Waals surface area contributed by atoms with Gasteiger partial charge in [-0.3, -0.25) is 68.4 Å². The van der Waals surface area contributed by atoms with Gasteiger partial charge in [-0.2, -0.15) is 10.4 Å². The van der Waals surface area contributed by atoms with Crippen LogP contribution in [0.3, 0.4) is 0 Å². The van der Waals surface area contributed by atoms with Gasteiger partial charge >= 0.3 is 5.97 Å². The Morgan fingerprint density at radius 2 is 1.46 bits per heavy atom. The molecule has 0 spiro atoms. The number of alkyl halides is 1. The van der Waals surface area contributed by atoms with Gasteiger partial charge in [-0.1, -0.05) is 42.7 Å². The van der Waals surface area contributed by atoms with E-state index in [4.69, 9.17) is 14.2 Å². The van der Waals surface area contributed by atoms with Crippen molar-refractivity contribution >= 4 is 65.6 Å². The molecule has 0 radical (unpaired) electrons. The quantitative estimate of drug-likeness (QED) is 0.0171. The number of nitriles is 1. The van der Waals surface area contributed by atoms with E-state index in [1.54, 1.807) is 35.4 Å². The molecule has 5 N–H and O–H groups in total. The van der Waals surface area contributed by atoms with Gasteiger partial charge in [-0.15, -0.1) is 0 Å². The van der Waals surface area contributed by atoms with Crippen LogP contribution in [0.2, 0.25) is 0 Å². The van der Waals surface area contributed by atoms with Crippen molar-refractivity contribution in [1.82, 2.24) is 55.8 Å². The Bertz CT molecular complexity index is 2890. The first-order valence-corrected chi connectivity index (χ1v) is 32.6. The molecule has 3 aliphatic heterocycles. The number of fused-ring (bicyclic) bond motifs is 1. The Hall–Kier alpha value is -7.86. The van der Waals surface area contributed by atoms with Gasteiger partial charge in [0.2, 0.25) is 23.6 Å². The molecule has 0 saturated carbocycles. The molecule has 1 unspecified atom stereocenters. The average Bonchev–Trinajstić information content (AvgIpc) is 1.34. The molecule has 25 nitrogen and oxygen atoms in total. The predicted octanol–water partition coefficient (Wildman–Crippen LogP) is 4.76. The molecule has 5 amide bonds. The molecule has 3 aromatic rings. The second-order valence-electron chi connectivity index (χ2n) is 24.5. The van der Waals surface area contributed by atoms with Crippen molar-refractivity contribution in [2.45, 2.75) is 141 Å². The van der Waals surface area contributed by atoms with Gasteiger partial charge in [0.25, 0.3) is 18.9 Å². The Morgan fingerprint density at radius 3 is 2.13 bits per heavy atom. The third kappa shape index (κ3) is 27.1. The summed E-state index contributed by atoms with van der Waals surface area (Å²) >= 11 is 0. The monoisotopic (exact) mass is 1280 g/mol. The molecule has 504 valence electrons. The zero-order valence-corrected chi connectivity index (χ0v) is 53.7. The van der Waals surface area contributed by atoms with Crippen LogP contribution in [0.25, 0.3) is 10.9 Å². The van der Waals surface area contributed by atoms with Crippen LogP contribution in [0, 0.1) is 24.2 Å². The largest absolute Gasteiger partial charge is 0.494 e. The van der Waals surface area contributed by atoms with E-state index < -0.39 is 35.7 Å². The molecule has 3 saturated heterocycles. The molecule has 6 rings (SSSR count). The Balaban J connectivity index is 0.890. The van der Waals surface area contributed by atoms with Gasteiger partial charge in [0, 0.05) is 109 Å².